The molecule has 2 aliphatic rings. The number of nitrogens with zero attached hydrogens (tertiary/aromatic N) is 3. The van der Waals surface area contributed by atoms with E-state index in [1.54, 1.807) is 0 Å². The highest BCUT2D eigenvalue weighted by Gasteiger charge is 2.43. The summed E-state index contributed by atoms with van der Waals surface area (Å²) in [6, 6.07) is 34.9. The fraction of sp³-hybridized carbons (Fsp3) is 0.279. The summed E-state index contributed by atoms with van der Waals surface area (Å²) in [6.45, 7) is 20.1. The van der Waals surface area contributed by atoms with Crippen molar-refractivity contribution >= 4 is 45.9 Å². The first kappa shape index (κ1) is 31.3. The highest BCUT2D eigenvalue weighted by molar-refractivity contribution is 6.97. The first-order valence-electron chi connectivity index (χ1n) is 17.3. The third kappa shape index (κ3) is 5.29. The van der Waals surface area contributed by atoms with Crippen molar-refractivity contribution < 1.29 is 9.47 Å². The Balaban J connectivity index is 1.27. The molecule has 0 fully saturated rings. The third-order valence-corrected chi connectivity index (χ3v) is 10.0. The molecule has 2 aromatic heterocycles. The van der Waals surface area contributed by atoms with E-state index in [9.17, 15) is 0 Å². The lowest BCUT2D eigenvalue weighted by molar-refractivity contribution is 0.449. The second-order valence-electron chi connectivity index (χ2n) is 16.7. The van der Waals surface area contributed by atoms with Gasteiger partial charge in [0.05, 0.1) is 5.59 Å². The van der Waals surface area contributed by atoms with Gasteiger partial charge >= 0.3 is 0 Å². The maximum Gasteiger partial charge on any atom is 0.286 e. The zero-order chi connectivity index (χ0) is 34.5. The van der Waals surface area contributed by atoms with Crippen molar-refractivity contribution in [2.45, 2.75) is 78.6 Å². The molecule has 6 heteroatoms. The summed E-state index contributed by atoms with van der Waals surface area (Å²) < 4.78 is 15.5. The van der Waals surface area contributed by atoms with Gasteiger partial charge in [-0.3, -0.25) is 4.40 Å². The Bertz CT molecular complexity index is 2170. The summed E-state index contributed by atoms with van der Waals surface area (Å²) in [4.78, 5) is 7.50. The monoisotopic (exact) mass is 645 g/mol. The van der Waals surface area contributed by atoms with Crippen molar-refractivity contribution in [3.8, 4) is 23.1 Å². The zero-order valence-electron chi connectivity index (χ0n) is 30.1. The van der Waals surface area contributed by atoms with Gasteiger partial charge in [0.1, 0.15) is 22.9 Å². The van der Waals surface area contributed by atoms with Crippen LogP contribution in [-0.4, -0.2) is 16.1 Å². The molecule has 0 amide bonds. The van der Waals surface area contributed by atoms with Crippen LogP contribution in [0.15, 0.2) is 103 Å². The first-order chi connectivity index (χ1) is 23.2. The predicted octanol–water partition coefficient (Wildman–Crippen LogP) is 9.42. The number of hydrogen-bond acceptors (Lipinski definition) is 4. The predicted molar refractivity (Wildman–Crippen MR) is 204 cm³/mol. The van der Waals surface area contributed by atoms with Gasteiger partial charge in [0.2, 0.25) is 5.88 Å². The van der Waals surface area contributed by atoms with E-state index in [2.05, 4.69) is 157 Å². The zero-order valence-corrected chi connectivity index (χ0v) is 30.1. The number of aromatic nitrogens is 2. The quantitative estimate of drug-likeness (QED) is 0.180. The van der Waals surface area contributed by atoms with E-state index in [-0.39, 0.29) is 23.0 Å². The van der Waals surface area contributed by atoms with Crippen LogP contribution in [0.5, 0.6) is 23.1 Å². The summed E-state index contributed by atoms with van der Waals surface area (Å²) in [5, 5.41) is 0. The summed E-state index contributed by atoms with van der Waals surface area (Å²) in [5.41, 5.74) is 11.1. The molecule has 0 unspecified atom stereocenters. The smallest absolute Gasteiger partial charge is 0.286 e. The van der Waals surface area contributed by atoms with Crippen LogP contribution >= 0.6 is 0 Å². The van der Waals surface area contributed by atoms with E-state index in [1.165, 1.54) is 16.7 Å². The van der Waals surface area contributed by atoms with Crippen molar-refractivity contribution in [2.75, 3.05) is 4.90 Å². The Kier molecular flexibility index (Phi) is 6.88. The molecule has 0 spiro atoms. The van der Waals surface area contributed by atoms with Gasteiger partial charge in [-0.25, -0.2) is 4.98 Å². The lowest BCUT2D eigenvalue weighted by Crippen LogP contribution is -2.58. The Labute approximate surface area is 290 Å². The molecule has 0 radical (unpaired) electrons. The van der Waals surface area contributed by atoms with E-state index in [0.29, 0.717) is 0 Å². The number of hydrogen-bond donors (Lipinski definition) is 0. The lowest BCUT2D eigenvalue weighted by atomic mass is 9.36. The van der Waals surface area contributed by atoms with Crippen molar-refractivity contribution in [2.24, 2.45) is 0 Å². The number of fused-ring (bicyclic) bond motifs is 6. The molecule has 4 aromatic carbocycles. The molecule has 0 aliphatic carbocycles. The number of pyridine rings is 1. The average Bonchev–Trinajstić information content (AvgIpc) is 3.42. The number of ether oxygens (including phenoxy) is 2. The van der Waals surface area contributed by atoms with Gasteiger partial charge in [0.25, 0.3) is 6.71 Å². The van der Waals surface area contributed by atoms with Gasteiger partial charge in [0, 0.05) is 34.8 Å². The Morgan fingerprint density at radius 2 is 1.10 bits per heavy atom. The van der Waals surface area contributed by atoms with Crippen LogP contribution in [0.2, 0.25) is 0 Å². The van der Waals surface area contributed by atoms with Crippen molar-refractivity contribution in [3.05, 3.63) is 120 Å². The standard InChI is InChI=1S/C43H44BN3O2/c1-41(2,3)27-13-18-30(19-14-27)47(31-20-15-28(16-21-31)42(4,5)6)32-22-23-33-36(25-32)48-34-11-10-12-35-38(34)44(33)39-40(49-35)46-26-29(43(7,8)9)17-24-37(46)45-39/h10-26H,1-9H3. The molecule has 4 heterocycles. The van der Waals surface area contributed by atoms with E-state index in [1.807, 2.05) is 18.2 Å². The van der Waals surface area contributed by atoms with Crippen molar-refractivity contribution in [1.29, 1.82) is 0 Å². The largest absolute Gasteiger partial charge is 0.458 e. The number of anilines is 3. The van der Waals surface area contributed by atoms with E-state index in [4.69, 9.17) is 14.5 Å². The molecule has 0 saturated heterocycles. The molecule has 49 heavy (non-hydrogen) atoms. The van der Waals surface area contributed by atoms with Crippen LogP contribution < -0.4 is 30.9 Å². The molecular weight excluding hydrogens is 601 g/mol. The van der Waals surface area contributed by atoms with Gasteiger partial charge in [-0.15, -0.1) is 0 Å². The number of imidazole rings is 1. The molecule has 5 nitrogen and oxygen atoms in total. The molecule has 0 atom stereocenters. The van der Waals surface area contributed by atoms with Crippen LogP contribution in [0.3, 0.4) is 0 Å². The van der Waals surface area contributed by atoms with Gasteiger partial charge in [-0.05, 0) is 86.9 Å². The maximum atomic E-state index is 6.73. The molecule has 2 aliphatic heterocycles. The molecule has 0 bridgehead atoms. The van der Waals surface area contributed by atoms with Crippen LogP contribution in [0.4, 0.5) is 17.1 Å². The molecule has 0 N–H and O–H groups in total. The number of rotatable bonds is 3. The van der Waals surface area contributed by atoms with E-state index < -0.39 is 0 Å². The first-order valence-corrected chi connectivity index (χ1v) is 17.3. The summed E-state index contributed by atoms with van der Waals surface area (Å²) in [5.74, 6) is 3.22. The highest BCUT2D eigenvalue weighted by Crippen LogP contribution is 2.41. The second kappa shape index (κ2) is 10.8. The van der Waals surface area contributed by atoms with Crippen molar-refractivity contribution in [3.63, 3.8) is 0 Å². The van der Waals surface area contributed by atoms with Crippen molar-refractivity contribution in [1.82, 2.24) is 9.38 Å². The number of benzene rings is 4. The SMILES string of the molecule is CC(C)(C)c1ccc(N(c2ccc(C(C)(C)C)cc2)c2ccc3c(c2)Oc2cccc4c2B3c2nc3ccc(C(C)(C)C)cn3c2O4)cc1. The molecular formula is C43H44BN3O2. The fourth-order valence-electron chi connectivity index (χ4n) is 7.08. The van der Waals surface area contributed by atoms with Gasteiger partial charge in [-0.2, -0.15) is 0 Å². The minimum Gasteiger partial charge on any atom is -0.458 e. The van der Waals surface area contributed by atoms with Gasteiger partial charge < -0.3 is 14.4 Å². The molecule has 8 rings (SSSR count). The second-order valence-corrected chi connectivity index (χ2v) is 16.7. The molecule has 246 valence electrons. The Hall–Kier alpha value is -4.97. The highest BCUT2D eigenvalue weighted by atomic mass is 16.5. The summed E-state index contributed by atoms with van der Waals surface area (Å²) >= 11 is 0. The summed E-state index contributed by atoms with van der Waals surface area (Å²) in [6.07, 6.45) is 2.17. The van der Waals surface area contributed by atoms with Gasteiger partial charge in [0.15, 0.2) is 0 Å². The van der Waals surface area contributed by atoms with Crippen LogP contribution in [-0.2, 0) is 16.2 Å². The maximum absolute atomic E-state index is 6.73. The fourth-order valence-corrected chi connectivity index (χ4v) is 7.08. The van der Waals surface area contributed by atoms with Gasteiger partial charge in [-0.1, -0.05) is 105 Å². The summed E-state index contributed by atoms with van der Waals surface area (Å²) in [7, 11) is 0. The molecule has 6 aromatic rings. The third-order valence-electron chi connectivity index (χ3n) is 10.0. The van der Waals surface area contributed by atoms with Crippen LogP contribution in [0.25, 0.3) is 5.65 Å². The Morgan fingerprint density at radius 3 is 1.67 bits per heavy atom. The minimum absolute atomic E-state index is 0.00122. The van der Waals surface area contributed by atoms with E-state index in [0.717, 1.165) is 62.4 Å². The van der Waals surface area contributed by atoms with Crippen LogP contribution in [0.1, 0.15) is 79.0 Å². The molecule has 0 saturated carbocycles. The normalized spacial score (nSPS) is 13.7. The Morgan fingerprint density at radius 1 is 0.571 bits per heavy atom. The van der Waals surface area contributed by atoms with Crippen LogP contribution in [0, 0.1) is 0 Å². The lowest BCUT2D eigenvalue weighted by Gasteiger charge is -2.32. The van der Waals surface area contributed by atoms with E-state index >= 15 is 0 Å². The minimum atomic E-state index is -0.115. The topological polar surface area (TPSA) is 39.0 Å². The average molecular weight is 646 g/mol.